The van der Waals surface area contributed by atoms with Crippen LogP contribution < -0.4 is 5.32 Å². The molecule has 1 amide bonds. The van der Waals surface area contributed by atoms with Crippen molar-refractivity contribution in [3.05, 3.63) is 70.2 Å². The van der Waals surface area contributed by atoms with Crippen LogP contribution in [0.2, 0.25) is 0 Å². The van der Waals surface area contributed by atoms with Gasteiger partial charge in [0.25, 0.3) is 0 Å². The van der Waals surface area contributed by atoms with E-state index in [0.717, 1.165) is 16.7 Å². The van der Waals surface area contributed by atoms with Gasteiger partial charge in [-0.25, -0.2) is 4.39 Å². The number of likely N-dealkylation sites (N-methyl/N-ethyl adjacent to an activating group) is 1. The molecule has 8 heteroatoms. The Morgan fingerprint density at radius 2 is 2.00 bits per heavy atom. The summed E-state index contributed by atoms with van der Waals surface area (Å²) in [6.07, 6.45) is 0. The van der Waals surface area contributed by atoms with Gasteiger partial charge in [-0.2, -0.15) is 5.10 Å². The lowest BCUT2D eigenvalue weighted by atomic mass is 10.1. The standard InChI is InChI=1S/C21H24FN5OS/c1-14-7-9-15(10-8-14)20-24-25-21(29)27(20)13-19(28)23-12-18(26(2)3)16-5-4-6-17(22)11-16/h4-11,18H,12-13H2,1-3H3,(H,23,28)(H,25,29). The van der Waals surface area contributed by atoms with Crippen LogP contribution in [0.15, 0.2) is 48.5 Å². The van der Waals surface area contributed by atoms with Crippen molar-refractivity contribution in [2.75, 3.05) is 20.6 Å². The minimum atomic E-state index is -0.298. The number of nitrogens with one attached hydrogen (secondary N) is 2. The molecule has 0 aliphatic carbocycles. The van der Waals surface area contributed by atoms with Gasteiger partial charge in [0.15, 0.2) is 10.6 Å². The molecule has 0 fully saturated rings. The van der Waals surface area contributed by atoms with Crippen molar-refractivity contribution in [2.24, 2.45) is 0 Å². The molecule has 3 rings (SSSR count). The number of aryl methyl sites for hydroxylation is 1. The summed E-state index contributed by atoms with van der Waals surface area (Å²) in [6, 6.07) is 14.1. The zero-order chi connectivity index (χ0) is 21.0. The van der Waals surface area contributed by atoms with Gasteiger partial charge in [-0.1, -0.05) is 42.0 Å². The third-order valence-corrected chi connectivity index (χ3v) is 5.03. The van der Waals surface area contributed by atoms with Crippen LogP contribution in [0.5, 0.6) is 0 Å². The predicted octanol–water partition coefficient (Wildman–Crippen LogP) is 3.47. The zero-order valence-electron chi connectivity index (χ0n) is 16.6. The molecule has 1 heterocycles. The molecule has 152 valence electrons. The van der Waals surface area contributed by atoms with Crippen LogP contribution in [0.25, 0.3) is 11.4 Å². The normalized spacial score (nSPS) is 12.2. The summed E-state index contributed by atoms with van der Waals surface area (Å²) in [5.41, 5.74) is 2.82. The number of benzene rings is 2. The van der Waals surface area contributed by atoms with Crippen LogP contribution in [-0.4, -0.2) is 46.2 Å². The fourth-order valence-electron chi connectivity index (χ4n) is 3.11. The summed E-state index contributed by atoms with van der Waals surface area (Å²) in [5.74, 6) is 0.117. The van der Waals surface area contributed by atoms with E-state index in [0.29, 0.717) is 17.1 Å². The lowest BCUT2D eigenvalue weighted by Gasteiger charge is -2.25. The molecule has 29 heavy (non-hydrogen) atoms. The number of carbonyl (C=O) groups is 1. The fourth-order valence-corrected chi connectivity index (χ4v) is 3.31. The Kier molecular flexibility index (Phi) is 6.56. The fraction of sp³-hybridized carbons (Fsp3) is 0.286. The van der Waals surface area contributed by atoms with E-state index in [1.54, 1.807) is 10.6 Å². The summed E-state index contributed by atoms with van der Waals surface area (Å²) in [5, 5.41) is 9.95. The van der Waals surface area contributed by atoms with Gasteiger partial charge in [-0.3, -0.25) is 14.5 Å². The van der Waals surface area contributed by atoms with Crippen molar-refractivity contribution in [2.45, 2.75) is 19.5 Å². The highest BCUT2D eigenvalue weighted by Crippen LogP contribution is 2.19. The lowest BCUT2D eigenvalue weighted by molar-refractivity contribution is -0.121. The molecule has 2 aromatic carbocycles. The Bertz CT molecular complexity index is 1040. The number of H-pyrrole nitrogens is 1. The second kappa shape index (κ2) is 9.11. The van der Waals surface area contributed by atoms with Crippen molar-refractivity contribution in [1.29, 1.82) is 0 Å². The number of halogens is 1. The molecule has 1 unspecified atom stereocenters. The number of rotatable bonds is 7. The minimum absolute atomic E-state index is 0.0435. The number of carbonyl (C=O) groups excluding carboxylic acids is 1. The molecule has 0 spiro atoms. The zero-order valence-corrected chi connectivity index (χ0v) is 17.5. The second-order valence-corrected chi connectivity index (χ2v) is 7.53. The van der Waals surface area contributed by atoms with E-state index in [-0.39, 0.29) is 24.3 Å². The van der Waals surface area contributed by atoms with Gasteiger partial charge in [0.2, 0.25) is 5.91 Å². The first-order valence-corrected chi connectivity index (χ1v) is 9.67. The number of amides is 1. The molecule has 2 N–H and O–H groups in total. The first-order chi connectivity index (χ1) is 13.8. The van der Waals surface area contributed by atoms with Crippen LogP contribution in [0, 0.1) is 17.5 Å². The highest BCUT2D eigenvalue weighted by molar-refractivity contribution is 7.71. The SMILES string of the molecule is Cc1ccc(-c2n[nH]c(=S)n2CC(=O)NCC(c2cccc(F)c2)N(C)C)cc1. The second-order valence-electron chi connectivity index (χ2n) is 7.14. The Labute approximate surface area is 174 Å². The number of aromatic amines is 1. The van der Waals surface area contributed by atoms with Gasteiger partial charge < -0.3 is 10.2 Å². The molecule has 0 saturated carbocycles. The van der Waals surface area contributed by atoms with E-state index < -0.39 is 0 Å². The van der Waals surface area contributed by atoms with Crippen molar-refractivity contribution in [3.63, 3.8) is 0 Å². The van der Waals surface area contributed by atoms with Crippen LogP contribution in [-0.2, 0) is 11.3 Å². The minimum Gasteiger partial charge on any atom is -0.353 e. The van der Waals surface area contributed by atoms with Crippen molar-refractivity contribution in [3.8, 4) is 11.4 Å². The monoisotopic (exact) mass is 413 g/mol. The van der Waals surface area contributed by atoms with Crippen LogP contribution >= 0.6 is 12.2 Å². The van der Waals surface area contributed by atoms with Gasteiger partial charge >= 0.3 is 0 Å². The summed E-state index contributed by atoms with van der Waals surface area (Å²) >= 11 is 5.30. The lowest BCUT2D eigenvalue weighted by Crippen LogP contribution is -2.36. The molecule has 3 aromatic rings. The summed E-state index contributed by atoms with van der Waals surface area (Å²) in [4.78, 5) is 14.6. The van der Waals surface area contributed by atoms with E-state index in [4.69, 9.17) is 12.2 Å². The number of hydrogen-bond donors (Lipinski definition) is 2. The molecular weight excluding hydrogens is 389 g/mol. The van der Waals surface area contributed by atoms with E-state index in [2.05, 4.69) is 15.5 Å². The first kappa shape index (κ1) is 20.9. The molecule has 0 aliphatic rings. The topological polar surface area (TPSA) is 66.0 Å². The van der Waals surface area contributed by atoms with Gasteiger partial charge in [0.05, 0.1) is 6.04 Å². The summed E-state index contributed by atoms with van der Waals surface area (Å²) in [7, 11) is 3.78. The number of hydrogen-bond acceptors (Lipinski definition) is 4. The largest absolute Gasteiger partial charge is 0.353 e. The maximum atomic E-state index is 13.6. The Morgan fingerprint density at radius 3 is 2.66 bits per heavy atom. The van der Waals surface area contributed by atoms with Gasteiger partial charge in [0.1, 0.15) is 12.4 Å². The third kappa shape index (κ3) is 5.16. The highest BCUT2D eigenvalue weighted by Gasteiger charge is 2.17. The first-order valence-electron chi connectivity index (χ1n) is 9.26. The maximum Gasteiger partial charge on any atom is 0.240 e. The summed E-state index contributed by atoms with van der Waals surface area (Å²) in [6.45, 7) is 2.40. The van der Waals surface area contributed by atoms with Gasteiger partial charge in [-0.05, 0) is 50.9 Å². The molecule has 0 aliphatic heterocycles. The average molecular weight is 414 g/mol. The Balaban J connectivity index is 1.72. The molecule has 6 nitrogen and oxygen atoms in total. The Morgan fingerprint density at radius 1 is 1.28 bits per heavy atom. The van der Waals surface area contributed by atoms with E-state index in [1.807, 2.05) is 56.3 Å². The molecule has 0 saturated heterocycles. The van der Waals surface area contributed by atoms with Crippen LogP contribution in [0.1, 0.15) is 17.2 Å². The molecular formula is C21H24FN5OS. The highest BCUT2D eigenvalue weighted by atomic mass is 32.1. The predicted molar refractivity (Wildman–Crippen MR) is 113 cm³/mol. The van der Waals surface area contributed by atoms with E-state index in [9.17, 15) is 9.18 Å². The number of aromatic nitrogens is 3. The maximum absolute atomic E-state index is 13.6. The van der Waals surface area contributed by atoms with Crippen LogP contribution in [0.3, 0.4) is 0 Å². The van der Waals surface area contributed by atoms with Crippen molar-refractivity contribution < 1.29 is 9.18 Å². The van der Waals surface area contributed by atoms with Crippen molar-refractivity contribution >= 4 is 18.1 Å². The molecule has 0 radical (unpaired) electrons. The van der Waals surface area contributed by atoms with Gasteiger partial charge in [-0.15, -0.1) is 0 Å². The van der Waals surface area contributed by atoms with Gasteiger partial charge in [0, 0.05) is 12.1 Å². The quantitative estimate of drug-likeness (QED) is 0.582. The van der Waals surface area contributed by atoms with E-state index in [1.165, 1.54) is 12.1 Å². The summed E-state index contributed by atoms with van der Waals surface area (Å²) < 4.78 is 15.6. The molecule has 1 atom stereocenters. The van der Waals surface area contributed by atoms with E-state index >= 15 is 0 Å². The molecule has 0 bridgehead atoms. The molecule has 1 aromatic heterocycles. The number of nitrogens with zero attached hydrogens (tertiary/aromatic N) is 3. The Hall–Kier alpha value is -2.84. The van der Waals surface area contributed by atoms with Crippen LogP contribution in [0.4, 0.5) is 4.39 Å². The van der Waals surface area contributed by atoms with Crippen molar-refractivity contribution in [1.82, 2.24) is 25.0 Å². The third-order valence-electron chi connectivity index (χ3n) is 4.72. The average Bonchev–Trinajstić information content (AvgIpc) is 3.03. The smallest absolute Gasteiger partial charge is 0.240 e.